The Morgan fingerprint density at radius 3 is 2.70 bits per heavy atom. The Labute approximate surface area is 162 Å². The summed E-state index contributed by atoms with van der Waals surface area (Å²) in [6.07, 6.45) is 6.31. The molecule has 0 aliphatic rings. The second-order valence-corrected chi connectivity index (χ2v) is 6.77. The maximum atomic E-state index is 12.5. The lowest BCUT2D eigenvalue weighted by Crippen LogP contribution is -2.37. The molecule has 0 spiro atoms. The number of rotatable bonds is 7. The summed E-state index contributed by atoms with van der Waals surface area (Å²) < 4.78 is 5.91. The summed E-state index contributed by atoms with van der Waals surface area (Å²) in [7, 11) is 0. The van der Waals surface area contributed by atoms with Gasteiger partial charge in [0, 0.05) is 24.4 Å². The molecular weight excluding hydrogens is 336 g/mol. The van der Waals surface area contributed by atoms with E-state index < -0.39 is 0 Å². The van der Waals surface area contributed by atoms with E-state index in [0.717, 1.165) is 41.7 Å². The fourth-order valence-electron chi connectivity index (χ4n) is 2.65. The highest BCUT2D eigenvalue weighted by Gasteiger charge is 2.12. The molecule has 2 aromatic rings. The number of carbonyl (C=O) groups excluding carboxylic acids is 1. The van der Waals surface area contributed by atoms with Crippen LogP contribution in [0, 0.1) is 25.7 Å². The summed E-state index contributed by atoms with van der Waals surface area (Å²) in [5.74, 6) is 6.90. The van der Waals surface area contributed by atoms with Gasteiger partial charge in [-0.25, -0.2) is 0 Å². The average Bonchev–Trinajstić information content (AvgIpc) is 2.65. The number of nitrogens with zero attached hydrogens (tertiary/aromatic N) is 1. The smallest absolute Gasteiger partial charge is 0.253 e. The number of benzene rings is 1. The molecule has 1 heterocycles. The number of pyridine rings is 1. The molecule has 0 fully saturated rings. The van der Waals surface area contributed by atoms with Crippen molar-refractivity contribution in [3.05, 3.63) is 58.9 Å². The van der Waals surface area contributed by atoms with E-state index >= 15 is 0 Å². The number of amides is 1. The van der Waals surface area contributed by atoms with Crippen molar-refractivity contribution >= 4 is 5.91 Å². The highest BCUT2D eigenvalue weighted by Crippen LogP contribution is 2.22. The van der Waals surface area contributed by atoms with Crippen LogP contribution in [0.15, 0.2) is 36.7 Å². The van der Waals surface area contributed by atoms with E-state index in [4.69, 9.17) is 4.74 Å². The quantitative estimate of drug-likeness (QED) is 0.584. The SMILES string of the molecule is CCCCC#Cc1cncc(C(=O)NC(C)COc2c(C)cccc2C)c1. The van der Waals surface area contributed by atoms with Gasteiger partial charge in [0.1, 0.15) is 12.4 Å². The third kappa shape index (κ3) is 6.45. The standard InChI is InChI=1S/C23H28N2O2/c1-5-6-7-8-12-20-13-21(15-24-14-20)23(26)25-19(4)16-27-22-17(2)10-9-11-18(22)3/h9-11,13-15,19H,5-7,16H2,1-4H3,(H,25,26). The number of hydrogen-bond donors (Lipinski definition) is 1. The molecule has 1 atom stereocenters. The summed E-state index contributed by atoms with van der Waals surface area (Å²) >= 11 is 0. The highest BCUT2D eigenvalue weighted by atomic mass is 16.5. The van der Waals surface area contributed by atoms with Crippen molar-refractivity contribution in [3.63, 3.8) is 0 Å². The second-order valence-electron chi connectivity index (χ2n) is 6.77. The third-order valence-electron chi connectivity index (χ3n) is 4.15. The maximum Gasteiger partial charge on any atom is 0.253 e. The predicted molar refractivity (Wildman–Crippen MR) is 109 cm³/mol. The lowest BCUT2D eigenvalue weighted by molar-refractivity contribution is 0.0926. The first-order valence-electron chi connectivity index (χ1n) is 9.45. The molecule has 0 saturated heterocycles. The Bertz CT molecular complexity index is 814. The van der Waals surface area contributed by atoms with Crippen molar-refractivity contribution < 1.29 is 9.53 Å². The van der Waals surface area contributed by atoms with Crippen LogP contribution in [0.5, 0.6) is 5.75 Å². The first-order chi connectivity index (χ1) is 13.0. The van der Waals surface area contributed by atoms with Crippen LogP contribution < -0.4 is 10.1 Å². The van der Waals surface area contributed by atoms with E-state index in [1.54, 1.807) is 18.5 Å². The summed E-state index contributed by atoms with van der Waals surface area (Å²) in [6, 6.07) is 7.69. The average molecular weight is 364 g/mol. The first kappa shape index (κ1) is 20.5. The zero-order valence-corrected chi connectivity index (χ0v) is 16.6. The van der Waals surface area contributed by atoms with Crippen LogP contribution >= 0.6 is 0 Å². The molecule has 0 aliphatic heterocycles. The van der Waals surface area contributed by atoms with Gasteiger partial charge in [-0.2, -0.15) is 0 Å². The molecule has 1 unspecified atom stereocenters. The number of hydrogen-bond acceptors (Lipinski definition) is 3. The van der Waals surface area contributed by atoms with E-state index in [9.17, 15) is 4.79 Å². The Kier molecular flexibility index (Phi) is 7.88. The van der Waals surface area contributed by atoms with E-state index in [1.165, 1.54) is 0 Å². The van der Waals surface area contributed by atoms with Crippen LogP contribution in [-0.2, 0) is 0 Å². The third-order valence-corrected chi connectivity index (χ3v) is 4.15. The summed E-state index contributed by atoms with van der Waals surface area (Å²) in [4.78, 5) is 16.6. The van der Waals surface area contributed by atoms with Gasteiger partial charge in [-0.05, 0) is 44.4 Å². The number of ether oxygens (including phenoxy) is 1. The zero-order chi connectivity index (χ0) is 19.6. The van der Waals surface area contributed by atoms with Gasteiger partial charge in [-0.3, -0.25) is 9.78 Å². The van der Waals surface area contributed by atoms with Gasteiger partial charge >= 0.3 is 0 Å². The van der Waals surface area contributed by atoms with E-state index in [-0.39, 0.29) is 11.9 Å². The molecule has 0 saturated carbocycles. The molecule has 142 valence electrons. The molecule has 1 N–H and O–H groups in total. The fourth-order valence-corrected chi connectivity index (χ4v) is 2.65. The van der Waals surface area contributed by atoms with Crippen LogP contribution in [0.3, 0.4) is 0 Å². The topological polar surface area (TPSA) is 51.2 Å². The Morgan fingerprint density at radius 1 is 1.26 bits per heavy atom. The first-order valence-corrected chi connectivity index (χ1v) is 9.45. The fraction of sp³-hybridized carbons (Fsp3) is 0.391. The number of unbranched alkanes of at least 4 members (excludes halogenated alkanes) is 2. The maximum absolute atomic E-state index is 12.5. The van der Waals surface area contributed by atoms with Crippen molar-refractivity contribution in [3.8, 4) is 17.6 Å². The molecule has 1 aromatic heterocycles. The van der Waals surface area contributed by atoms with Gasteiger partial charge in [-0.1, -0.05) is 43.4 Å². The van der Waals surface area contributed by atoms with E-state index in [0.29, 0.717) is 12.2 Å². The van der Waals surface area contributed by atoms with Crippen molar-refractivity contribution in [1.82, 2.24) is 10.3 Å². The van der Waals surface area contributed by atoms with Crippen molar-refractivity contribution in [2.45, 2.75) is 53.0 Å². The number of para-hydroxylation sites is 1. The van der Waals surface area contributed by atoms with Crippen molar-refractivity contribution in [2.24, 2.45) is 0 Å². The summed E-state index contributed by atoms with van der Waals surface area (Å²) in [5.41, 5.74) is 3.45. The minimum absolute atomic E-state index is 0.129. The molecule has 4 nitrogen and oxygen atoms in total. The van der Waals surface area contributed by atoms with Gasteiger partial charge < -0.3 is 10.1 Å². The Balaban J connectivity index is 1.93. The number of nitrogens with one attached hydrogen (secondary N) is 1. The van der Waals surface area contributed by atoms with E-state index in [2.05, 4.69) is 29.1 Å². The molecule has 1 aromatic carbocycles. The van der Waals surface area contributed by atoms with Crippen LogP contribution in [0.2, 0.25) is 0 Å². The van der Waals surface area contributed by atoms with Crippen LogP contribution in [-0.4, -0.2) is 23.5 Å². The normalized spacial score (nSPS) is 11.3. The molecule has 2 rings (SSSR count). The summed E-state index contributed by atoms with van der Waals surface area (Å²) in [6.45, 7) is 8.50. The molecule has 0 radical (unpaired) electrons. The van der Waals surface area contributed by atoms with Crippen LogP contribution in [0.4, 0.5) is 0 Å². The molecule has 27 heavy (non-hydrogen) atoms. The summed E-state index contributed by atoms with van der Waals surface area (Å²) in [5, 5.41) is 2.96. The second kappa shape index (κ2) is 10.4. The van der Waals surface area contributed by atoms with Gasteiger partial charge in [-0.15, -0.1) is 0 Å². The van der Waals surface area contributed by atoms with Crippen LogP contribution in [0.25, 0.3) is 0 Å². The number of aromatic nitrogens is 1. The monoisotopic (exact) mass is 364 g/mol. The largest absolute Gasteiger partial charge is 0.491 e. The number of aryl methyl sites for hydroxylation is 2. The Hall–Kier alpha value is -2.80. The molecule has 0 aliphatic carbocycles. The number of carbonyl (C=O) groups is 1. The Morgan fingerprint density at radius 2 is 2.00 bits per heavy atom. The van der Waals surface area contributed by atoms with Gasteiger partial charge in [0.25, 0.3) is 5.91 Å². The van der Waals surface area contributed by atoms with Crippen LogP contribution in [0.1, 0.15) is 60.2 Å². The molecule has 0 bridgehead atoms. The lowest BCUT2D eigenvalue weighted by Gasteiger charge is -2.17. The van der Waals surface area contributed by atoms with E-state index in [1.807, 2.05) is 39.0 Å². The van der Waals surface area contributed by atoms with Crippen molar-refractivity contribution in [2.75, 3.05) is 6.61 Å². The predicted octanol–water partition coefficient (Wildman–Crippen LogP) is 4.44. The minimum Gasteiger partial charge on any atom is -0.491 e. The molecule has 1 amide bonds. The molecule has 4 heteroatoms. The van der Waals surface area contributed by atoms with Gasteiger partial charge in [0.2, 0.25) is 0 Å². The van der Waals surface area contributed by atoms with Crippen molar-refractivity contribution in [1.29, 1.82) is 0 Å². The lowest BCUT2D eigenvalue weighted by atomic mass is 10.1. The highest BCUT2D eigenvalue weighted by molar-refractivity contribution is 5.94. The zero-order valence-electron chi connectivity index (χ0n) is 16.6. The van der Waals surface area contributed by atoms with Gasteiger partial charge in [0.15, 0.2) is 0 Å². The molecular formula is C23H28N2O2. The minimum atomic E-state index is -0.169. The van der Waals surface area contributed by atoms with Gasteiger partial charge in [0.05, 0.1) is 11.6 Å².